The van der Waals surface area contributed by atoms with Gasteiger partial charge in [-0.2, -0.15) is 0 Å². The van der Waals surface area contributed by atoms with E-state index < -0.39 is 0 Å². The Morgan fingerprint density at radius 3 is 0.804 bits per heavy atom. The van der Waals surface area contributed by atoms with Crippen molar-refractivity contribution in [1.29, 1.82) is 0 Å². The van der Waals surface area contributed by atoms with Crippen LogP contribution in [0, 0.1) is 23.7 Å². The second-order valence-corrected chi connectivity index (χ2v) is 12.6. The smallest absolute Gasteiger partial charge is 0.192 e. The summed E-state index contributed by atoms with van der Waals surface area (Å²) in [6, 6.07) is 56.6. The average molecular weight is 733 g/mol. The molecule has 0 aliphatic carbocycles. The van der Waals surface area contributed by atoms with E-state index in [0.717, 1.165) is 79.4 Å². The molecule has 6 heteroatoms. The maximum absolute atomic E-state index is 5.39. The minimum atomic E-state index is 0.805. The fourth-order valence-corrected chi connectivity index (χ4v) is 6.13. The largest absolute Gasteiger partial charge is 0.497 e. The highest BCUT2D eigenvalue weighted by Crippen LogP contribution is 2.37. The fourth-order valence-electron chi connectivity index (χ4n) is 6.13. The zero-order chi connectivity index (χ0) is 38.7. The van der Waals surface area contributed by atoms with E-state index in [1.165, 1.54) is 0 Å². The molecule has 56 heavy (non-hydrogen) atoms. The van der Waals surface area contributed by atoms with Gasteiger partial charge >= 0.3 is 0 Å². The summed E-state index contributed by atoms with van der Waals surface area (Å²) in [6.45, 7) is 0. The van der Waals surface area contributed by atoms with Crippen LogP contribution < -0.4 is 28.7 Å². The summed E-state index contributed by atoms with van der Waals surface area (Å²) in [5.74, 6) is 16.4. The molecule has 0 aliphatic rings. The second kappa shape index (κ2) is 17.6. The Balaban J connectivity index is 1.04. The van der Waals surface area contributed by atoms with Gasteiger partial charge in [-0.15, -0.1) is 0 Å². The molecule has 0 atom stereocenters. The molecule has 0 amide bonds. The SMILES string of the molecule is COc1ccc(N(c2ccc(C#Cc3ccc(C#Cc4ccc([N+](c5ccc(OC)cc5)c5ccc(OC)cc5)cc4)cc3)cc2)c2ccc(OC)cc2)cc1. The zero-order valence-corrected chi connectivity index (χ0v) is 31.7. The predicted octanol–water partition coefficient (Wildman–Crippen LogP) is 11.4. The molecule has 1 radical (unpaired) electrons. The van der Waals surface area contributed by atoms with Gasteiger partial charge in [-0.05, 0) is 133 Å². The Bertz CT molecular complexity index is 2200. The van der Waals surface area contributed by atoms with E-state index in [2.05, 4.69) is 57.7 Å². The Labute approximate surface area is 329 Å². The summed E-state index contributed by atoms with van der Waals surface area (Å²) in [7, 11) is 6.68. The van der Waals surface area contributed by atoms with Gasteiger partial charge in [-0.3, -0.25) is 0 Å². The first-order valence-corrected chi connectivity index (χ1v) is 18.0. The van der Waals surface area contributed by atoms with Gasteiger partial charge < -0.3 is 23.8 Å². The molecule has 0 saturated carbocycles. The van der Waals surface area contributed by atoms with Crippen molar-refractivity contribution in [2.24, 2.45) is 0 Å². The third-order valence-electron chi connectivity index (χ3n) is 9.16. The first kappa shape index (κ1) is 37.0. The molecule has 0 N–H and O–H groups in total. The number of hydrogen-bond acceptors (Lipinski definition) is 6. The number of nitrogens with zero attached hydrogens (tertiary/aromatic N) is 2. The number of hydrogen-bond donors (Lipinski definition) is 0. The molecule has 7 rings (SSSR count). The molecule has 273 valence electrons. The van der Waals surface area contributed by atoms with Crippen LogP contribution in [0.2, 0.25) is 0 Å². The first-order chi connectivity index (χ1) is 27.5. The van der Waals surface area contributed by atoms with Crippen LogP contribution >= 0.6 is 0 Å². The van der Waals surface area contributed by atoms with Crippen LogP contribution in [0.25, 0.3) is 0 Å². The van der Waals surface area contributed by atoms with Crippen LogP contribution in [-0.2, 0) is 0 Å². The van der Waals surface area contributed by atoms with Crippen molar-refractivity contribution in [3.8, 4) is 46.7 Å². The number of methoxy groups -OCH3 is 4. The van der Waals surface area contributed by atoms with E-state index in [1.54, 1.807) is 28.4 Å². The summed E-state index contributed by atoms with van der Waals surface area (Å²) in [5.41, 5.74) is 9.73. The molecule has 0 bridgehead atoms. The Morgan fingerprint density at radius 1 is 0.304 bits per heavy atom. The summed E-state index contributed by atoms with van der Waals surface area (Å²) in [5, 5.41) is 0. The van der Waals surface area contributed by atoms with Gasteiger partial charge in [-0.25, -0.2) is 0 Å². The van der Waals surface area contributed by atoms with Crippen LogP contribution in [0.15, 0.2) is 170 Å². The molecule has 0 fully saturated rings. The molecule has 0 saturated heterocycles. The maximum atomic E-state index is 5.39. The van der Waals surface area contributed by atoms with Gasteiger partial charge in [0.1, 0.15) is 23.0 Å². The van der Waals surface area contributed by atoms with Crippen LogP contribution in [0.1, 0.15) is 22.3 Å². The summed E-state index contributed by atoms with van der Waals surface area (Å²) < 4.78 is 21.5. The van der Waals surface area contributed by atoms with Gasteiger partial charge in [0.2, 0.25) is 0 Å². The highest BCUT2D eigenvalue weighted by atomic mass is 16.5. The molecule has 0 heterocycles. The van der Waals surface area contributed by atoms with Crippen molar-refractivity contribution < 1.29 is 18.9 Å². The summed E-state index contributed by atoms with van der Waals surface area (Å²) in [6.07, 6.45) is 0. The van der Waals surface area contributed by atoms with Gasteiger partial charge in [0.25, 0.3) is 0 Å². The van der Waals surface area contributed by atoms with Crippen LogP contribution in [0.4, 0.5) is 34.1 Å². The lowest BCUT2D eigenvalue weighted by Gasteiger charge is -2.25. The monoisotopic (exact) mass is 732 g/mol. The van der Waals surface area contributed by atoms with Crippen molar-refractivity contribution >= 4 is 34.1 Å². The molecule has 6 nitrogen and oxygen atoms in total. The fraction of sp³-hybridized carbons (Fsp3) is 0.0800. The lowest BCUT2D eigenvalue weighted by molar-refractivity contribution is 0.414. The third kappa shape index (κ3) is 8.86. The van der Waals surface area contributed by atoms with E-state index in [0.29, 0.717) is 0 Å². The quantitative estimate of drug-likeness (QED) is 0.103. The predicted molar refractivity (Wildman–Crippen MR) is 226 cm³/mol. The molecule has 0 aliphatic heterocycles. The minimum Gasteiger partial charge on any atom is -0.497 e. The van der Waals surface area contributed by atoms with Crippen molar-refractivity contribution in [2.45, 2.75) is 0 Å². The first-order valence-electron chi connectivity index (χ1n) is 18.0. The molecule has 0 spiro atoms. The van der Waals surface area contributed by atoms with Gasteiger partial charge in [-0.1, -0.05) is 28.6 Å². The molecule has 0 unspecified atom stereocenters. The highest BCUT2D eigenvalue weighted by molar-refractivity contribution is 5.77. The van der Waals surface area contributed by atoms with Gasteiger partial charge in [0, 0.05) is 75.7 Å². The zero-order valence-electron chi connectivity index (χ0n) is 31.7. The standard InChI is InChI=1S/C50H40N2O4/c1-53-47-29-21-43(22-30-47)51(44-23-31-48(54-2)32-24-44)41-17-13-39(14-18-41)11-9-37-5-7-38(8-6-37)10-12-40-15-19-42(20-16-40)52(45-25-33-49(55-3)34-26-45)46-27-35-50(56-4)36-28-46/h5-8,13-36H,1-4H3/q+1. The lowest BCUT2D eigenvalue weighted by Crippen LogP contribution is -2.11. The minimum absolute atomic E-state index is 0.805. The van der Waals surface area contributed by atoms with Gasteiger partial charge in [0.05, 0.1) is 28.4 Å². The number of rotatable bonds is 10. The Kier molecular flexibility index (Phi) is 11.6. The van der Waals surface area contributed by atoms with E-state index in [4.69, 9.17) is 18.9 Å². The Hall–Kier alpha value is -7.38. The average Bonchev–Trinajstić information content (AvgIpc) is 3.27. The molecule has 7 aromatic rings. The van der Waals surface area contributed by atoms with Crippen molar-refractivity contribution in [2.75, 3.05) is 33.3 Å². The molecule has 0 aromatic heterocycles. The van der Waals surface area contributed by atoms with Gasteiger partial charge in [0.15, 0.2) is 17.1 Å². The summed E-state index contributed by atoms with van der Waals surface area (Å²) >= 11 is 0. The summed E-state index contributed by atoms with van der Waals surface area (Å²) in [4.78, 5) is 4.37. The molecule has 7 aromatic carbocycles. The second-order valence-electron chi connectivity index (χ2n) is 12.6. The van der Waals surface area contributed by atoms with E-state index in [1.807, 2.05) is 146 Å². The van der Waals surface area contributed by atoms with Crippen molar-refractivity contribution in [1.82, 2.24) is 4.90 Å². The topological polar surface area (TPSA) is 46.1 Å². The van der Waals surface area contributed by atoms with Crippen LogP contribution in [0.3, 0.4) is 0 Å². The van der Waals surface area contributed by atoms with Crippen LogP contribution in [-0.4, -0.2) is 28.4 Å². The number of ether oxygens (including phenoxy) is 4. The number of anilines is 6. The van der Waals surface area contributed by atoms with Crippen molar-refractivity contribution in [3.63, 3.8) is 0 Å². The van der Waals surface area contributed by atoms with E-state index in [-0.39, 0.29) is 0 Å². The van der Waals surface area contributed by atoms with Crippen molar-refractivity contribution in [3.05, 3.63) is 192 Å². The highest BCUT2D eigenvalue weighted by Gasteiger charge is 2.26. The number of benzene rings is 7. The maximum Gasteiger partial charge on any atom is 0.192 e. The lowest BCUT2D eigenvalue weighted by atomic mass is 10.1. The molecular formula is C50H40N2O4+. The molecular weight excluding hydrogens is 693 g/mol. The Morgan fingerprint density at radius 2 is 0.518 bits per heavy atom. The van der Waals surface area contributed by atoms with E-state index in [9.17, 15) is 0 Å². The normalized spacial score (nSPS) is 10.4. The van der Waals surface area contributed by atoms with Crippen LogP contribution in [0.5, 0.6) is 23.0 Å². The van der Waals surface area contributed by atoms with E-state index >= 15 is 0 Å². The third-order valence-corrected chi connectivity index (χ3v) is 9.16.